The summed E-state index contributed by atoms with van der Waals surface area (Å²) >= 11 is 0. The monoisotopic (exact) mass is 1180 g/mol. The predicted octanol–water partition coefficient (Wildman–Crippen LogP) is 25.3. The minimum atomic E-state index is -0.844. The summed E-state index contributed by atoms with van der Waals surface area (Å²) in [6, 6.07) is -0.627. The minimum Gasteiger partial charge on any atom is -0.466 e. The zero-order valence-electron chi connectivity index (χ0n) is 57.2. The van der Waals surface area contributed by atoms with E-state index in [-0.39, 0.29) is 18.5 Å². The van der Waals surface area contributed by atoms with Crippen LogP contribution in [-0.2, 0) is 14.3 Å². The average Bonchev–Trinajstić information content (AvgIpc) is 3.53. The third-order valence-electron chi connectivity index (χ3n) is 18.2. The lowest BCUT2D eigenvalue weighted by Crippen LogP contribution is -2.45. The summed E-state index contributed by atoms with van der Waals surface area (Å²) in [4.78, 5) is 24.6. The van der Waals surface area contributed by atoms with Crippen molar-refractivity contribution in [3.63, 3.8) is 0 Å². The van der Waals surface area contributed by atoms with Crippen LogP contribution in [0.1, 0.15) is 438 Å². The Kier molecular flexibility index (Phi) is 72.3. The highest BCUT2D eigenvalue weighted by Crippen LogP contribution is 2.20. The fourth-order valence-corrected chi connectivity index (χ4v) is 12.3. The number of esters is 1. The first-order chi connectivity index (χ1) is 41.5. The van der Waals surface area contributed by atoms with E-state index < -0.39 is 12.1 Å². The molecular weight excluding hydrogens is 1030 g/mol. The molecule has 0 aliphatic rings. The zero-order chi connectivity index (χ0) is 60.6. The molecule has 6 nitrogen and oxygen atoms in total. The van der Waals surface area contributed by atoms with E-state index in [1.807, 2.05) is 6.08 Å². The highest BCUT2D eigenvalue weighted by Gasteiger charge is 2.18. The fourth-order valence-electron chi connectivity index (χ4n) is 12.3. The number of hydrogen-bond acceptors (Lipinski definition) is 5. The Morgan fingerprint density at radius 3 is 0.845 bits per heavy atom. The Bertz CT molecular complexity index is 1320. The van der Waals surface area contributed by atoms with Crippen LogP contribution in [0, 0.1) is 0 Å². The fraction of sp³-hybridized carbons (Fsp3) is 0.923. The van der Waals surface area contributed by atoms with Gasteiger partial charge in [0.1, 0.15) is 0 Å². The number of hydrogen-bond donors (Lipinski definition) is 3. The second-order valence-corrected chi connectivity index (χ2v) is 26.7. The highest BCUT2D eigenvalue weighted by atomic mass is 16.5. The SMILES string of the molecule is CCCCCCCCC/C=C\CCCCCCCC(=O)OCCCCCCCCCCCCCCCCCCCCCCCCCCCCCCC(=O)NC(CO)C(O)/C=C/CCCCCCCCCCCCCCCCCCCCCCC. The summed E-state index contributed by atoms with van der Waals surface area (Å²) in [5.41, 5.74) is 0. The summed E-state index contributed by atoms with van der Waals surface area (Å²) < 4.78 is 5.50. The number of amides is 1. The number of nitrogens with one attached hydrogen (secondary N) is 1. The van der Waals surface area contributed by atoms with Crippen LogP contribution in [0.5, 0.6) is 0 Å². The summed E-state index contributed by atoms with van der Waals surface area (Å²) in [7, 11) is 0. The van der Waals surface area contributed by atoms with Gasteiger partial charge in [-0.2, -0.15) is 0 Å². The van der Waals surface area contributed by atoms with E-state index in [1.165, 1.54) is 366 Å². The Hall–Kier alpha value is -1.66. The first kappa shape index (κ1) is 82.3. The van der Waals surface area contributed by atoms with Gasteiger partial charge in [-0.15, -0.1) is 0 Å². The van der Waals surface area contributed by atoms with E-state index in [4.69, 9.17) is 4.74 Å². The normalized spacial score (nSPS) is 12.6. The number of carbonyl (C=O) groups is 2. The van der Waals surface area contributed by atoms with E-state index in [1.54, 1.807) is 6.08 Å². The van der Waals surface area contributed by atoms with Gasteiger partial charge in [0.05, 0.1) is 25.4 Å². The number of allylic oxidation sites excluding steroid dienone is 3. The van der Waals surface area contributed by atoms with Crippen molar-refractivity contribution in [1.29, 1.82) is 0 Å². The molecule has 0 bridgehead atoms. The Morgan fingerprint density at radius 2 is 0.560 bits per heavy atom. The van der Waals surface area contributed by atoms with Crippen LogP contribution < -0.4 is 5.32 Å². The molecule has 0 aliphatic carbocycles. The molecule has 2 atom stereocenters. The summed E-state index contributed by atoms with van der Waals surface area (Å²) in [6.45, 7) is 4.95. The van der Waals surface area contributed by atoms with Gasteiger partial charge >= 0.3 is 5.97 Å². The molecule has 0 heterocycles. The van der Waals surface area contributed by atoms with Gasteiger partial charge in [-0.25, -0.2) is 0 Å². The van der Waals surface area contributed by atoms with Crippen LogP contribution in [0.4, 0.5) is 0 Å². The minimum absolute atomic E-state index is 0.0121. The van der Waals surface area contributed by atoms with Crippen molar-refractivity contribution >= 4 is 11.9 Å². The Labute approximate surface area is 526 Å². The van der Waals surface area contributed by atoms with E-state index in [0.717, 1.165) is 44.9 Å². The molecule has 2 unspecified atom stereocenters. The molecule has 0 aromatic rings. The third kappa shape index (κ3) is 69.4. The molecule has 498 valence electrons. The van der Waals surface area contributed by atoms with Crippen molar-refractivity contribution in [1.82, 2.24) is 5.32 Å². The standard InChI is InChI=1S/C78H151NO5/c1-3-5-7-9-11-13-15-17-19-21-22-23-30-33-36-39-42-46-50-54-58-62-66-70-76(81)75(74-80)79-77(82)71-67-63-59-55-51-47-43-40-37-34-31-28-26-24-25-27-29-32-35-38-41-45-49-53-57-61-65-69-73-84-78(83)72-68-64-60-56-52-48-44-20-18-16-14-12-10-8-6-4-2/h20,44,66,70,75-76,80-81H,3-19,21-43,45-65,67-69,71-74H2,1-2H3,(H,79,82)/b44-20-,70-66+. The molecule has 0 saturated carbocycles. The van der Waals surface area contributed by atoms with Crippen LogP contribution in [0.15, 0.2) is 24.3 Å². The van der Waals surface area contributed by atoms with E-state index in [0.29, 0.717) is 19.4 Å². The van der Waals surface area contributed by atoms with Crippen LogP contribution in [0.2, 0.25) is 0 Å². The van der Waals surface area contributed by atoms with Crippen LogP contribution in [0.3, 0.4) is 0 Å². The van der Waals surface area contributed by atoms with Crippen molar-refractivity contribution in [3.05, 3.63) is 24.3 Å². The molecule has 0 saturated heterocycles. The molecule has 0 radical (unpaired) electrons. The highest BCUT2D eigenvalue weighted by molar-refractivity contribution is 5.76. The number of unbranched alkanes of at least 4 members (excludes halogenated alkanes) is 60. The lowest BCUT2D eigenvalue weighted by molar-refractivity contribution is -0.143. The lowest BCUT2D eigenvalue weighted by Gasteiger charge is -2.20. The van der Waals surface area contributed by atoms with Gasteiger partial charge in [0.15, 0.2) is 0 Å². The van der Waals surface area contributed by atoms with Gasteiger partial charge in [-0.1, -0.05) is 391 Å². The molecule has 84 heavy (non-hydrogen) atoms. The van der Waals surface area contributed by atoms with Crippen LogP contribution in [-0.4, -0.2) is 47.4 Å². The number of ether oxygens (including phenoxy) is 1. The second-order valence-electron chi connectivity index (χ2n) is 26.7. The maximum atomic E-state index is 12.5. The van der Waals surface area contributed by atoms with Crippen molar-refractivity contribution in [2.45, 2.75) is 450 Å². The maximum Gasteiger partial charge on any atom is 0.305 e. The topological polar surface area (TPSA) is 95.9 Å². The molecule has 0 aromatic carbocycles. The quantitative estimate of drug-likeness (QED) is 0.0320. The lowest BCUT2D eigenvalue weighted by atomic mass is 10.0. The molecule has 1 amide bonds. The van der Waals surface area contributed by atoms with Crippen LogP contribution >= 0.6 is 0 Å². The maximum absolute atomic E-state index is 12.5. The molecule has 0 aromatic heterocycles. The van der Waals surface area contributed by atoms with Gasteiger partial charge in [-0.3, -0.25) is 9.59 Å². The molecule has 0 fully saturated rings. The first-order valence-electron chi connectivity index (χ1n) is 38.6. The molecule has 0 spiro atoms. The zero-order valence-corrected chi connectivity index (χ0v) is 57.2. The molecule has 0 rings (SSSR count). The van der Waals surface area contributed by atoms with Crippen molar-refractivity contribution < 1.29 is 24.5 Å². The van der Waals surface area contributed by atoms with Crippen molar-refractivity contribution in [2.24, 2.45) is 0 Å². The van der Waals surface area contributed by atoms with Crippen molar-refractivity contribution in [2.75, 3.05) is 13.2 Å². The largest absolute Gasteiger partial charge is 0.466 e. The number of rotatable bonds is 73. The molecular formula is C78H151NO5. The van der Waals surface area contributed by atoms with Gasteiger partial charge in [0, 0.05) is 12.8 Å². The van der Waals surface area contributed by atoms with E-state index >= 15 is 0 Å². The third-order valence-corrected chi connectivity index (χ3v) is 18.2. The Balaban J connectivity index is 3.37. The van der Waals surface area contributed by atoms with Gasteiger partial charge < -0.3 is 20.3 Å². The van der Waals surface area contributed by atoms with E-state index in [9.17, 15) is 19.8 Å². The number of aliphatic hydroxyl groups is 2. The summed E-state index contributed by atoms with van der Waals surface area (Å²) in [5, 5.41) is 23.3. The van der Waals surface area contributed by atoms with Gasteiger partial charge in [0.2, 0.25) is 5.91 Å². The van der Waals surface area contributed by atoms with E-state index in [2.05, 4.69) is 31.3 Å². The summed E-state index contributed by atoms with van der Waals surface area (Å²) in [5.74, 6) is -0.0478. The molecule has 3 N–H and O–H groups in total. The number of carbonyl (C=O) groups excluding carboxylic acids is 2. The van der Waals surface area contributed by atoms with Crippen molar-refractivity contribution in [3.8, 4) is 0 Å². The number of aliphatic hydroxyl groups excluding tert-OH is 2. The van der Waals surface area contributed by atoms with Gasteiger partial charge in [0.25, 0.3) is 0 Å². The van der Waals surface area contributed by atoms with Crippen LogP contribution in [0.25, 0.3) is 0 Å². The molecule has 6 heteroatoms. The average molecular weight is 1180 g/mol. The predicted molar refractivity (Wildman–Crippen MR) is 370 cm³/mol. The second kappa shape index (κ2) is 73.8. The first-order valence-corrected chi connectivity index (χ1v) is 38.6. The smallest absolute Gasteiger partial charge is 0.305 e. The Morgan fingerprint density at radius 1 is 0.321 bits per heavy atom. The van der Waals surface area contributed by atoms with Gasteiger partial charge in [-0.05, 0) is 57.8 Å². The molecule has 0 aliphatic heterocycles. The summed E-state index contributed by atoms with van der Waals surface area (Å²) in [6.07, 6.45) is 94.3.